The highest BCUT2D eigenvalue weighted by atomic mass is 16.5. The lowest BCUT2D eigenvalue weighted by molar-refractivity contribution is -0.0372. The van der Waals surface area contributed by atoms with Crippen molar-refractivity contribution >= 4 is 0 Å². The van der Waals surface area contributed by atoms with Gasteiger partial charge in [-0.15, -0.1) is 0 Å². The lowest BCUT2D eigenvalue weighted by Gasteiger charge is -2.35. The van der Waals surface area contributed by atoms with Crippen LogP contribution >= 0.6 is 0 Å². The molecule has 0 radical (unpaired) electrons. The van der Waals surface area contributed by atoms with Crippen molar-refractivity contribution in [3.8, 4) is 0 Å². The molecule has 1 rings (SSSR count). The second kappa shape index (κ2) is 6.23. The van der Waals surface area contributed by atoms with Gasteiger partial charge in [-0.2, -0.15) is 0 Å². The van der Waals surface area contributed by atoms with Gasteiger partial charge in [0.1, 0.15) is 0 Å². The first-order valence-electron chi connectivity index (χ1n) is 5.62. The number of morpholine rings is 1. The fourth-order valence-electron chi connectivity index (χ4n) is 1.86. The number of hydrogen-bond acceptors (Lipinski definition) is 4. The number of nitrogens with two attached hydrogens (primary N) is 1. The van der Waals surface area contributed by atoms with E-state index in [1.807, 2.05) is 0 Å². The Kier molecular flexibility index (Phi) is 5.25. The van der Waals surface area contributed by atoms with Gasteiger partial charge < -0.3 is 4.74 Å². The summed E-state index contributed by atoms with van der Waals surface area (Å²) in [6.07, 6.45) is 2.29. The van der Waals surface area contributed by atoms with Crippen LogP contribution in [0.1, 0.15) is 20.8 Å². The predicted octanol–water partition coefficient (Wildman–Crippen LogP) is 0.505. The topological polar surface area (TPSA) is 50.5 Å². The second-order valence-electron chi connectivity index (χ2n) is 4.24. The third-order valence-electron chi connectivity index (χ3n) is 2.73. The average molecular weight is 213 g/mol. The SMILES string of the molecule is CCN1CCOC(C(C=C(C)C)NN)C1. The quantitative estimate of drug-likeness (QED) is 0.406. The molecule has 0 aromatic heterocycles. The molecule has 0 spiro atoms. The highest BCUT2D eigenvalue weighted by Gasteiger charge is 2.25. The predicted molar refractivity (Wildman–Crippen MR) is 62.4 cm³/mol. The van der Waals surface area contributed by atoms with Crippen molar-refractivity contribution in [1.82, 2.24) is 10.3 Å². The summed E-state index contributed by atoms with van der Waals surface area (Å²) in [5.41, 5.74) is 4.08. The number of hydrazine groups is 1. The van der Waals surface area contributed by atoms with Crippen molar-refractivity contribution in [2.45, 2.75) is 32.9 Å². The van der Waals surface area contributed by atoms with Gasteiger partial charge in [0.15, 0.2) is 0 Å². The zero-order chi connectivity index (χ0) is 11.3. The molecule has 1 aliphatic rings. The van der Waals surface area contributed by atoms with Gasteiger partial charge in [0.25, 0.3) is 0 Å². The Morgan fingerprint density at radius 1 is 1.67 bits per heavy atom. The molecule has 1 saturated heterocycles. The summed E-state index contributed by atoms with van der Waals surface area (Å²) in [6.45, 7) is 10.2. The molecule has 0 aliphatic carbocycles. The molecule has 15 heavy (non-hydrogen) atoms. The summed E-state index contributed by atoms with van der Waals surface area (Å²) in [7, 11) is 0. The summed E-state index contributed by atoms with van der Waals surface area (Å²) in [6, 6.07) is 0.115. The van der Waals surface area contributed by atoms with Crippen molar-refractivity contribution in [2.24, 2.45) is 5.84 Å². The van der Waals surface area contributed by atoms with E-state index < -0.39 is 0 Å². The first-order chi connectivity index (χ1) is 7.17. The summed E-state index contributed by atoms with van der Waals surface area (Å²) in [5, 5.41) is 0. The Morgan fingerprint density at radius 2 is 2.40 bits per heavy atom. The van der Waals surface area contributed by atoms with Crippen LogP contribution in [0, 0.1) is 0 Å². The number of rotatable bonds is 4. The Bertz CT molecular complexity index is 214. The molecule has 1 fully saturated rings. The molecule has 2 unspecified atom stereocenters. The number of nitrogens with zero attached hydrogens (tertiary/aromatic N) is 1. The number of likely N-dealkylation sites (N-methyl/N-ethyl adjacent to an activating group) is 1. The maximum Gasteiger partial charge on any atom is 0.0904 e. The molecule has 0 aromatic carbocycles. The smallest absolute Gasteiger partial charge is 0.0904 e. The third-order valence-corrected chi connectivity index (χ3v) is 2.73. The van der Waals surface area contributed by atoms with Crippen LogP contribution < -0.4 is 11.3 Å². The third kappa shape index (κ3) is 3.91. The van der Waals surface area contributed by atoms with Crippen molar-refractivity contribution in [3.63, 3.8) is 0 Å². The maximum absolute atomic E-state index is 5.74. The van der Waals surface area contributed by atoms with E-state index in [2.05, 4.69) is 37.2 Å². The van der Waals surface area contributed by atoms with E-state index in [0.29, 0.717) is 0 Å². The van der Waals surface area contributed by atoms with Crippen LogP contribution in [-0.2, 0) is 4.74 Å². The minimum absolute atomic E-state index is 0.115. The van der Waals surface area contributed by atoms with Crippen LogP contribution in [0.25, 0.3) is 0 Å². The number of hydrogen-bond donors (Lipinski definition) is 2. The largest absolute Gasteiger partial charge is 0.374 e. The van der Waals surface area contributed by atoms with E-state index in [-0.39, 0.29) is 12.1 Å². The molecule has 3 N–H and O–H groups in total. The van der Waals surface area contributed by atoms with Crippen LogP contribution in [0.2, 0.25) is 0 Å². The van der Waals surface area contributed by atoms with Gasteiger partial charge in [-0.05, 0) is 20.4 Å². The molecule has 1 aliphatic heterocycles. The first kappa shape index (κ1) is 12.6. The van der Waals surface area contributed by atoms with Crippen molar-refractivity contribution in [1.29, 1.82) is 0 Å². The van der Waals surface area contributed by atoms with Gasteiger partial charge in [0, 0.05) is 13.1 Å². The van der Waals surface area contributed by atoms with Crippen molar-refractivity contribution < 1.29 is 4.74 Å². The molecule has 88 valence electrons. The highest BCUT2D eigenvalue weighted by Crippen LogP contribution is 2.10. The number of allylic oxidation sites excluding steroid dienone is 1. The molecule has 0 bridgehead atoms. The zero-order valence-electron chi connectivity index (χ0n) is 9.99. The highest BCUT2D eigenvalue weighted by molar-refractivity contribution is 5.04. The zero-order valence-corrected chi connectivity index (χ0v) is 9.99. The number of nitrogens with one attached hydrogen (secondary N) is 1. The van der Waals surface area contributed by atoms with Crippen LogP contribution in [0.3, 0.4) is 0 Å². The minimum Gasteiger partial charge on any atom is -0.374 e. The van der Waals surface area contributed by atoms with E-state index in [1.165, 1.54) is 5.57 Å². The molecule has 0 aromatic rings. The molecular weight excluding hydrogens is 190 g/mol. The fourth-order valence-corrected chi connectivity index (χ4v) is 1.86. The van der Waals surface area contributed by atoms with E-state index >= 15 is 0 Å². The molecular formula is C11H23N3O. The van der Waals surface area contributed by atoms with Crippen molar-refractivity contribution in [3.05, 3.63) is 11.6 Å². The van der Waals surface area contributed by atoms with Crippen LogP contribution in [-0.4, -0.2) is 43.3 Å². The lowest BCUT2D eigenvalue weighted by Crippen LogP contribution is -2.53. The van der Waals surface area contributed by atoms with Crippen molar-refractivity contribution in [2.75, 3.05) is 26.2 Å². The van der Waals surface area contributed by atoms with Crippen LogP contribution in [0.15, 0.2) is 11.6 Å². The Labute approximate surface area is 92.4 Å². The summed E-state index contributed by atoms with van der Waals surface area (Å²) in [5.74, 6) is 5.55. The second-order valence-corrected chi connectivity index (χ2v) is 4.24. The first-order valence-corrected chi connectivity index (χ1v) is 5.62. The summed E-state index contributed by atoms with van der Waals surface area (Å²) < 4.78 is 5.74. The van der Waals surface area contributed by atoms with Gasteiger partial charge in [-0.1, -0.05) is 18.6 Å². The van der Waals surface area contributed by atoms with E-state index in [4.69, 9.17) is 10.6 Å². The maximum atomic E-state index is 5.74. The molecule has 4 heteroatoms. The standard InChI is InChI=1S/C11H23N3O/c1-4-14-5-6-15-11(8-14)10(13-12)7-9(2)3/h7,10-11,13H,4-6,8,12H2,1-3H3. The molecule has 2 atom stereocenters. The fraction of sp³-hybridized carbons (Fsp3) is 0.818. The van der Waals surface area contributed by atoms with Gasteiger partial charge >= 0.3 is 0 Å². The van der Waals surface area contributed by atoms with Gasteiger partial charge in [0.2, 0.25) is 0 Å². The van der Waals surface area contributed by atoms with E-state index in [1.54, 1.807) is 0 Å². The molecule has 1 heterocycles. The average Bonchev–Trinajstić information content (AvgIpc) is 2.25. The number of ether oxygens (including phenoxy) is 1. The normalized spacial score (nSPS) is 24.9. The van der Waals surface area contributed by atoms with E-state index in [9.17, 15) is 0 Å². The summed E-state index contributed by atoms with van der Waals surface area (Å²) in [4.78, 5) is 2.39. The van der Waals surface area contributed by atoms with Crippen LogP contribution in [0.4, 0.5) is 0 Å². The molecule has 0 saturated carbocycles. The molecule has 0 amide bonds. The monoisotopic (exact) mass is 213 g/mol. The lowest BCUT2D eigenvalue weighted by atomic mass is 10.1. The van der Waals surface area contributed by atoms with Crippen LogP contribution in [0.5, 0.6) is 0 Å². The van der Waals surface area contributed by atoms with Gasteiger partial charge in [0.05, 0.1) is 18.8 Å². The van der Waals surface area contributed by atoms with Gasteiger partial charge in [-0.25, -0.2) is 0 Å². The minimum atomic E-state index is 0.115. The Morgan fingerprint density at radius 3 is 2.93 bits per heavy atom. The Hall–Kier alpha value is -0.420. The molecule has 4 nitrogen and oxygen atoms in total. The summed E-state index contributed by atoms with van der Waals surface area (Å²) >= 11 is 0. The Balaban J connectivity index is 2.56. The van der Waals surface area contributed by atoms with E-state index in [0.717, 1.165) is 26.2 Å². The van der Waals surface area contributed by atoms with Gasteiger partial charge in [-0.3, -0.25) is 16.2 Å².